The molecule has 2 rings (SSSR count). The summed E-state index contributed by atoms with van der Waals surface area (Å²) in [6, 6.07) is 9.91. The van der Waals surface area contributed by atoms with E-state index in [1.54, 1.807) is 6.20 Å². The van der Waals surface area contributed by atoms with Gasteiger partial charge in [-0.1, -0.05) is 35.5 Å². The molecule has 1 heterocycles. The van der Waals surface area contributed by atoms with Crippen LogP contribution in [0.5, 0.6) is 0 Å². The summed E-state index contributed by atoms with van der Waals surface area (Å²) in [7, 11) is 0. The molecule has 0 saturated heterocycles. The average molecular weight is 230 g/mol. The summed E-state index contributed by atoms with van der Waals surface area (Å²) in [4.78, 5) is 4.31. The Hall–Kier alpha value is -2.30. The standard InChI is InChI=1S/C12H14N4O/c13-11(15-17)6-8-16-9-7-14-12(16)10-4-2-1-3-5-10/h1-5,7,9,17H,6,8H2,(H2,13,15). The largest absolute Gasteiger partial charge is 0.409 e. The van der Waals surface area contributed by atoms with Crippen LogP contribution in [0, 0.1) is 0 Å². The Bertz CT molecular complexity index is 504. The van der Waals surface area contributed by atoms with Crippen molar-refractivity contribution in [3.05, 3.63) is 42.7 Å². The SMILES string of the molecule is N/C(CCn1ccnc1-c1ccccc1)=N\O. The third-order valence-corrected chi connectivity index (χ3v) is 2.48. The molecule has 88 valence electrons. The lowest BCUT2D eigenvalue weighted by Crippen LogP contribution is -2.14. The summed E-state index contributed by atoms with van der Waals surface area (Å²) in [5.74, 6) is 1.11. The summed E-state index contributed by atoms with van der Waals surface area (Å²) in [5.41, 5.74) is 6.50. The molecule has 17 heavy (non-hydrogen) atoms. The fourth-order valence-corrected chi connectivity index (χ4v) is 1.62. The van der Waals surface area contributed by atoms with Crippen LogP contribution in [0.2, 0.25) is 0 Å². The van der Waals surface area contributed by atoms with Gasteiger partial charge in [0.1, 0.15) is 11.7 Å². The minimum atomic E-state index is 0.220. The quantitative estimate of drug-likeness (QED) is 0.363. The number of hydrogen-bond donors (Lipinski definition) is 2. The van der Waals surface area contributed by atoms with Crippen molar-refractivity contribution in [3.63, 3.8) is 0 Å². The molecule has 0 aliphatic heterocycles. The van der Waals surface area contributed by atoms with Crippen molar-refractivity contribution in [3.8, 4) is 11.4 Å². The third-order valence-electron chi connectivity index (χ3n) is 2.48. The molecule has 0 radical (unpaired) electrons. The van der Waals surface area contributed by atoms with Crippen LogP contribution in [-0.2, 0) is 6.54 Å². The number of aromatic nitrogens is 2. The Kier molecular flexibility index (Phi) is 3.40. The van der Waals surface area contributed by atoms with E-state index in [0.29, 0.717) is 13.0 Å². The molecule has 0 spiro atoms. The summed E-state index contributed by atoms with van der Waals surface area (Å²) >= 11 is 0. The second kappa shape index (κ2) is 5.16. The number of nitrogens with two attached hydrogens (primary N) is 1. The highest BCUT2D eigenvalue weighted by atomic mass is 16.4. The zero-order chi connectivity index (χ0) is 12.1. The fourth-order valence-electron chi connectivity index (χ4n) is 1.62. The Morgan fingerprint density at radius 2 is 2.12 bits per heavy atom. The predicted molar refractivity (Wildman–Crippen MR) is 65.7 cm³/mol. The minimum Gasteiger partial charge on any atom is -0.409 e. The summed E-state index contributed by atoms with van der Waals surface area (Å²) in [6.07, 6.45) is 4.12. The van der Waals surface area contributed by atoms with E-state index >= 15 is 0 Å². The molecule has 0 bridgehead atoms. The Morgan fingerprint density at radius 3 is 2.82 bits per heavy atom. The van der Waals surface area contributed by atoms with E-state index in [-0.39, 0.29) is 5.84 Å². The molecule has 3 N–H and O–H groups in total. The molecule has 0 aliphatic rings. The first-order valence-electron chi connectivity index (χ1n) is 5.34. The zero-order valence-electron chi connectivity index (χ0n) is 9.32. The van der Waals surface area contributed by atoms with E-state index in [0.717, 1.165) is 11.4 Å². The smallest absolute Gasteiger partial charge is 0.140 e. The maximum atomic E-state index is 8.49. The lowest BCUT2D eigenvalue weighted by atomic mass is 10.2. The molecule has 0 saturated carbocycles. The number of aryl methyl sites for hydroxylation is 1. The van der Waals surface area contributed by atoms with E-state index in [1.807, 2.05) is 41.1 Å². The first kappa shape index (κ1) is 11.2. The fraction of sp³-hybridized carbons (Fsp3) is 0.167. The number of hydrogen-bond acceptors (Lipinski definition) is 3. The molecular formula is C12H14N4O. The van der Waals surface area contributed by atoms with Gasteiger partial charge < -0.3 is 15.5 Å². The molecule has 5 nitrogen and oxygen atoms in total. The average Bonchev–Trinajstić information content (AvgIpc) is 2.85. The van der Waals surface area contributed by atoms with Crippen LogP contribution in [0.25, 0.3) is 11.4 Å². The third kappa shape index (κ3) is 2.63. The number of oxime groups is 1. The number of nitrogens with zero attached hydrogens (tertiary/aromatic N) is 3. The second-order valence-corrected chi connectivity index (χ2v) is 3.65. The summed E-state index contributed by atoms with van der Waals surface area (Å²) < 4.78 is 1.98. The van der Waals surface area contributed by atoms with Crippen LogP contribution < -0.4 is 5.73 Å². The first-order valence-corrected chi connectivity index (χ1v) is 5.34. The molecule has 2 aromatic rings. The molecule has 5 heteroatoms. The molecular weight excluding hydrogens is 216 g/mol. The summed E-state index contributed by atoms with van der Waals surface area (Å²) in [6.45, 7) is 0.639. The maximum absolute atomic E-state index is 8.49. The van der Waals surface area contributed by atoms with Crippen LogP contribution in [0.3, 0.4) is 0 Å². The van der Waals surface area contributed by atoms with E-state index in [9.17, 15) is 0 Å². The van der Waals surface area contributed by atoms with Crippen molar-refractivity contribution in [2.24, 2.45) is 10.9 Å². The second-order valence-electron chi connectivity index (χ2n) is 3.65. The Labute approximate surface area is 99.2 Å². The molecule has 0 atom stereocenters. The van der Waals surface area contributed by atoms with Crippen molar-refractivity contribution < 1.29 is 5.21 Å². The maximum Gasteiger partial charge on any atom is 0.140 e. The Balaban J connectivity index is 2.18. The van der Waals surface area contributed by atoms with Crippen molar-refractivity contribution in [1.82, 2.24) is 9.55 Å². The highest BCUT2D eigenvalue weighted by Gasteiger charge is 2.05. The highest BCUT2D eigenvalue weighted by molar-refractivity contribution is 5.79. The predicted octanol–water partition coefficient (Wildman–Crippen LogP) is 1.69. The van der Waals surface area contributed by atoms with Gasteiger partial charge in [0.05, 0.1) is 0 Å². The molecule has 1 aromatic carbocycles. The summed E-state index contributed by atoms with van der Waals surface area (Å²) in [5, 5.41) is 11.4. The first-order chi connectivity index (χ1) is 8.31. The Morgan fingerprint density at radius 1 is 1.35 bits per heavy atom. The topological polar surface area (TPSA) is 76.4 Å². The van der Waals surface area contributed by atoms with E-state index in [4.69, 9.17) is 10.9 Å². The van der Waals surface area contributed by atoms with Gasteiger partial charge >= 0.3 is 0 Å². The van der Waals surface area contributed by atoms with Gasteiger partial charge in [0.15, 0.2) is 0 Å². The monoisotopic (exact) mass is 230 g/mol. The van der Waals surface area contributed by atoms with Gasteiger partial charge in [-0.15, -0.1) is 0 Å². The van der Waals surface area contributed by atoms with Gasteiger partial charge in [0, 0.05) is 30.9 Å². The van der Waals surface area contributed by atoms with E-state index in [1.165, 1.54) is 0 Å². The molecule has 0 fully saturated rings. The lowest BCUT2D eigenvalue weighted by Gasteiger charge is -2.06. The van der Waals surface area contributed by atoms with Gasteiger partial charge in [0.25, 0.3) is 0 Å². The van der Waals surface area contributed by atoms with Crippen LogP contribution in [-0.4, -0.2) is 20.6 Å². The molecule has 1 aromatic heterocycles. The van der Waals surface area contributed by atoms with E-state index < -0.39 is 0 Å². The van der Waals surface area contributed by atoms with Crippen molar-refractivity contribution >= 4 is 5.84 Å². The van der Waals surface area contributed by atoms with E-state index in [2.05, 4.69) is 10.1 Å². The normalized spacial score (nSPS) is 11.6. The van der Waals surface area contributed by atoms with Gasteiger partial charge in [-0.3, -0.25) is 0 Å². The highest BCUT2D eigenvalue weighted by Crippen LogP contribution is 2.16. The van der Waals surface area contributed by atoms with Gasteiger partial charge in [-0.2, -0.15) is 0 Å². The van der Waals surface area contributed by atoms with Gasteiger partial charge in [-0.25, -0.2) is 4.98 Å². The lowest BCUT2D eigenvalue weighted by molar-refractivity contribution is 0.316. The van der Waals surface area contributed by atoms with Gasteiger partial charge in [0.2, 0.25) is 0 Å². The molecule has 0 amide bonds. The van der Waals surface area contributed by atoms with Crippen molar-refractivity contribution in [2.45, 2.75) is 13.0 Å². The number of amidine groups is 1. The number of imidazole rings is 1. The van der Waals surface area contributed by atoms with Crippen LogP contribution in [0.1, 0.15) is 6.42 Å². The van der Waals surface area contributed by atoms with Crippen molar-refractivity contribution in [1.29, 1.82) is 0 Å². The molecule has 0 aliphatic carbocycles. The molecule has 0 unspecified atom stereocenters. The minimum absolute atomic E-state index is 0.220. The number of benzene rings is 1. The van der Waals surface area contributed by atoms with Gasteiger partial charge in [-0.05, 0) is 0 Å². The number of rotatable bonds is 4. The van der Waals surface area contributed by atoms with Crippen LogP contribution in [0.4, 0.5) is 0 Å². The zero-order valence-corrected chi connectivity index (χ0v) is 9.32. The van der Waals surface area contributed by atoms with Crippen LogP contribution in [0.15, 0.2) is 47.9 Å². The van der Waals surface area contributed by atoms with Crippen molar-refractivity contribution in [2.75, 3.05) is 0 Å². The van der Waals surface area contributed by atoms with Crippen LogP contribution >= 0.6 is 0 Å².